The zero-order valence-corrected chi connectivity index (χ0v) is 12.0. The normalized spacial score (nSPS) is 22.1. The summed E-state index contributed by atoms with van der Waals surface area (Å²) in [7, 11) is 0. The van der Waals surface area contributed by atoms with Crippen LogP contribution in [-0.4, -0.2) is 20.9 Å². The van der Waals surface area contributed by atoms with Crippen LogP contribution < -0.4 is 5.32 Å². The summed E-state index contributed by atoms with van der Waals surface area (Å²) in [5.74, 6) is 1.40. The average Bonchev–Trinajstić information content (AvgIpc) is 2.47. The minimum absolute atomic E-state index is 0.0670. The van der Waals surface area contributed by atoms with Crippen molar-refractivity contribution >= 4 is 22.4 Å². The van der Waals surface area contributed by atoms with Gasteiger partial charge < -0.3 is 5.32 Å². The number of nitro benzene ring substituents is 1. The van der Waals surface area contributed by atoms with Crippen LogP contribution in [0.25, 0.3) is 10.9 Å². The average molecular weight is 286 g/mol. The first-order chi connectivity index (χ1) is 10.1. The number of non-ortho nitro benzene ring substituents is 1. The molecule has 0 radical (unpaired) electrons. The van der Waals surface area contributed by atoms with Crippen molar-refractivity contribution in [2.75, 3.05) is 5.32 Å². The molecule has 1 saturated carbocycles. The first-order valence-electron chi connectivity index (χ1n) is 7.29. The van der Waals surface area contributed by atoms with Gasteiger partial charge in [0.05, 0.1) is 10.4 Å². The zero-order chi connectivity index (χ0) is 14.8. The van der Waals surface area contributed by atoms with E-state index < -0.39 is 0 Å². The molecular formula is C15H18N4O2. The minimum atomic E-state index is -0.390. The largest absolute Gasteiger partial charge is 0.367 e. The maximum absolute atomic E-state index is 10.9. The molecule has 0 bridgehead atoms. The molecule has 2 unspecified atom stereocenters. The molecule has 0 spiro atoms. The molecule has 1 N–H and O–H groups in total. The van der Waals surface area contributed by atoms with Gasteiger partial charge >= 0.3 is 0 Å². The van der Waals surface area contributed by atoms with E-state index >= 15 is 0 Å². The number of nitrogens with zero attached hydrogens (tertiary/aromatic N) is 3. The monoisotopic (exact) mass is 286 g/mol. The summed E-state index contributed by atoms with van der Waals surface area (Å²) in [4.78, 5) is 19.0. The van der Waals surface area contributed by atoms with Gasteiger partial charge in [-0.1, -0.05) is 19.8 Å². The van der Waals surface area contributed by atoms with Crippen molar-refractivity contribution in [3.05, 3.63) is 34.6 Å². The van der Waals surface area contributed by atoms with Gasteiger partial charge in [-0.15, -0.1) is 0 Å². The summed E-state index contributed by atoms with van der Waals surface area (Å²) in [6.45, 7) is 2.26. The predicted molar refractivity (Wildman–Crippen MR) is 81.2 cm³/mol. The molecule has 3 rings (SSSR count). The van der Waals surface area contributed by atoms with Gasteiger partial charge in [0.2, 0.25) is 0 Å². The van der Waals surface area contributed by atoms with Crippen molar-refractivity contribution < 1.29 is 4.92 Å². The summed E-state index contributed by atoms with van der Waals surface area (Å²) in [6.07, 6.45) is 6.21. The number of nitrogens with one attached hydrogen (secondary N) is 1. The van der Waals surface area contributed by atoms with Gasteiger partial charge in [0.25, 0.3) is 5.69 Å². The molecule has 21 heavy (non-hydrogen) atoms. The van der Waals surface area contributed by atoms with Crippen molar-refractivity contribution in [1.82, 2.24) is 9.97 Å². The zero-order valence-electron chi connectivity index (χ0n) is 12.0. The van der Waals surface area contributed by atoms with Gasteiger partial charge in [0.1, 0.15) is 12.1 Å². The van der Waals surface area contributed by atoms with Gasteiger partial charge in [-0.2, -0.15) is 0 Å². The smallest absolute Gasteiger partial charge is 0.270 e. The lowest BCUT2D eigenvalue weighted by molar-refractivity contribution is -0.384. The fraction of sp³-hybridized carbons (Fsp3) is 0.467. The van der Waals surface area contributed by atoms with E-state index in [4.69, 9.17) is 0 Å². The number of rotatable bonds is 3. The number of hydrogen-bond donors (Lipinski definition) is 1. The predicted octanol–water partition coefficient (Wildman–Crippen LogP) is 3.53. The Kier molecular flexibility index (Phi) is 3.68. The molecular weight excluding hydrogens is 268 g/mol. The number of aromatic nitrogens is 2. The first kappa shape index (κ1) is 13.7. The number of hydrogen-bond acceptors (Lipinski definition) is 5. The molecule has 1 aliphatic rings. The highest BCUT2D eigenvalue weighted by atomic mass is 16.6. The van der Waals surface area contributed by atoms with E-state index in [1.807, 2.05) is 0 Å². The lowest BCUT2D eigenvalue weighted by atomic mass is 9.87. The molecule has 1 heterocycles. The van der Waals surface area contributed by atoms with E-state index in [0.29, 0.717) is 23.2 Å². The van der Waals surface area contributed by atoms with E-state index in [1.54, 1.807) is 12.1 Å². The van der Waals surface area contributed by atoms with Gasteiger partial charge in [0, 0.05) is 23.6 Å². The van der Waals surface area contributed by atoms with Gasteiger partial charge in [0.15, 0.2) is 0 Å². The van der Waals surface area contributed by atoms with Crippen molar-refractivity contribution in [2.24, 2.45) is 5.92 Å². The fourth-order valence-electron chi connectivity index (χ4n) is 3.03. The molecule has 1 aromatic carbocycles. The standard InChI is InChI=1S/C15H18N4O2/c1-10-3-2-4-11(7-10)18-15-13-8-12(19(20)21)5-6-14(13)16-9-17-15/h5-6,8-11H,2-4,7H2,1H3,(H,16,17,18). The third-order valence-corrected chi connectivity index (χ3v) is 4.11. The number of anilines is 1. The Morgan fingerprint density at radius 2 is 2.19 bits per heavy atom. The Morgan fingerprint density at radius 3 is 2.95 bits per heavy atom. The Balaban J connectivity index is 1.93. The molecule has 1 aliphatic carbocycles. The molecule has 2 aromatic rings. The molecule has 1 fully saturated rings. The second-order valence-electron chi connectivity index (χ2n) is 5.79. The summed E-state index contributed by atoms with van der Waals surface area (Å²) >= 11 is 0. The lowest BCUT2D eigenvalue weighted by Crippen LogP contribution is -2.26. The van der Waals surface area contributed by atoms with Crippen LogP contribution in [0.4, 0.5) is 11.5 Å². The highest BCUT2D eigenvalue weighted by Gasteiger charge is 2.20. The summed E-state index contributed by atoms with van der Waals surface area (Å²) in [5.41, 5.74) is 0.791. The Hall–Kier alpha value is -2.24. The highest BCUT2D eigenvalue weighted by molar-refractivity contribution is 5.90. The van der Waals surface area contributed by atoms with Crippen LogP contribution in [0, 0.1) is 16.0 Å². The summed E-state index contributed by atoms with van der Waals surface area (Å²) in [5, 5.41) is 15.1. The molecule has 1 aromatic heterocycles. The van der Waals surface area contributed by atoms with Crippen molar-refractivity contribution in [1.29, 1.82) is 0 Å². The molecule has 0 aliphatic heterocycles. The van der Waals surface area contributed by atoms with Crippen molar-refractivity contribution in [3.63, 3.8) is 0 Å². The third-order valence-electron chi connectivity index (χ3n) is 4.11. The molecule has 110 valence electrons. The topological polar surface area (TPSA) is 81.0 Å². The van der Waals surface area contributed by atoms with E-state index in [-0.39, 0.29) is 10.6 Å². The van der Waals surface area contributed by atoms with E-state index in [0.717, 1.165) is 18.4 Å². The van der Waals surface area contributed by atoms with Crippen LogP contribution in [0.1, 0.15) is 32.6 Å². The van der Waals surface area contributed by atoms with Crippen LogP contribution in [0.3, 0.4) is 0 Å². The molecule has 6 heteroatoms. The quantitative estimate of drug-likeness (QED) is 0.689. The Morgan fingerprint density at radius 1 is 1.33 bits per heavy atom. The van der Waals surface area contributed by atoms with Gasteiger partial charge in [-0.05, 0) is 24.8 Å². The lowest BCUT2D eigenvalue weighted by Gasteiger charge is -2.28. The molecule has 0 saturated heterocycles. The molecule has 6 nitrogen and oxygen atoms in total. The second-order valence-corrected chi connectivity index (χ2v) is 5.79. The highest BCUT2D eigenvalue weighted by Crippen LogP contribution is 2.29. The van der Waals surface area contributed by atoms with Crippen LogP contribution in [0.15, 0.2) is 24.5 Å². The van der Waals surface area contributed by atoms with Crippen LogP contribution in [-0.2, 0) is 0 Å². The maximum atomic E-state index is 10.9. The second kappa shape index (κ2) is 5.63. The molecule has 0 amide bonds. The first-order valence-corrected chi connectivity index (χ1v) is 7.29. The number of benzene rings is 1. The summed E-state index contributed by atoms with van der Waals surface area (Å²) in [6, 6.07) is 5.07. The van der Waals surface area contributed by atoms with E-state index in [2.05, 4.69) is 22.2 Å². The Bertz CT molecular complexity index is 674. The van der Waals surface area contributed by atoms with Gasteiger partial charge in [-0.3, -0.25) is 10.1 Å². The SMILES string of the molecule is CC1CCCC(Nc2ncnc3ccc([N+](=O)[O-])cc23)C1. The van der Waals surface area contributed by atoms with Crippen LogP contribution in [0.5, 0.6) is 0 Å². The fourth-order valence-corrected chi connectivity index (χ4v) is 3.03. The van der Waals surface area contributed by atoms with Crippen LogP contribution >= 0.6 is 0 Å². The number of fused-ring (bicyclic) bond motifs is 1. The third kappa shape index (κ3) is 2.94. The van der Waals surface area contributed by atoms with E-state index in [9.17, 15) is 10.1 Å². The number of nitro groups is 1. The van der Waals surface area contributed by atoms with Crippen molar-refractivity contribution in [3.8, 4) is 0 Å². The van der Waals surface area contributed by atoms with Crippen LogP contribution in [0.2, 0.25) is 0 Å². The summed E-state index contributed by atoms with van der Waals surface area (Å²) < 4.78 is 0. The van der Waals surface area contributed by atoms with E-state index in [1.165, 1.54) is 25.2 Å². The Labute approximate surface area is 122 Å². The van der Waals surface area contributed by atoms with Gasteiger partial charge in [-0.25, -0.2) is 9.97 Å². The maximum Gasteiger partial charge on any atom is 0.270 e. The minimum Gasteiger partial charge on any atom is -0.367 e. The van der Waals surface area contributed by atoms with Crippen molar-refractivity contribution in [2.45, 2.75) is 38.6 Å². The molecule has 2 atom stereocenters.